The predicted molar refractivity (Wildman–Crippen MR) is 125 cm³/mol. The number of para-hydroxylation sites is 1. The highest BCUT2D eigenvalue weighted by Gasteiger charge is 2.33. The summed E-state index contributed by atoms with van der Waals surface area (Å²) in [5, 5.41) is 12.5. The Labute approximate surface area is 208 Å². The van der Waals surface area contributed by atoms with E-state index in [0.717, 1.165) is 6.20 Å². The first-order valence-corrected chi connectivity index (χ1v) is 10.8. The molecule has 180 valence electrons. The minimum absolute atomic E-state index is 0.0452. The van der Waals surface area contributed by atoms with Crippen LogP contribution < -0.4 is 5.32 Å². The van der Waals surface area contributed by atoms with Crippen molar-refractivity contribution in [2.45, 2.75) is 13.1 Å². The lowest BCUT2D eigenvalue weighted by Gasteiger charge is -2.14. The number of Topliss-reactive ketones (excluding diaryl/α,β-unsaturated/α-hetero) is 1. The third-order valence-corrected chi connectivity index (χ3v) is 5.47. The molecule has 1 heterocycles. The van der Waals surface area contributed by atoms with Crippen molar-refractivity contribution in [1.29, 1.82) is 5.26 Å². The standard InChI is InChI=1S/C24H16Cl2F3N3O3/c1-2-35-23(34)15-4-3-5-19(26)22(15)32-12-20(33)13-6-7-18(25)16(8-13)17-11-31-21(24(27,28)29)9-14(17)10-30/h3-9,11,32H,2,12H2,1H3. The van der Waals surface area contributed by atoms with E-state index in [4.69, 9.17) is 27.9 Å². The van der Waals surface area contributed by atoms with Crippen LogP contribution in [0.3, 0.4) is 0 Å². The summed E-state index contributed by atoms with van der Waals surface area (Å²) in [6, 6.07) is 11.1. The van der Waals surface area contributed by atoms with Crippen LogP contribution in [-0.2, 0) is 10.9 Å². The number of alkyl halides is 3. The molecular formula is C24H16Cl2F3N3O3. The Morgan fingerprint density at radius 2 is 1.86 bits per heavy atom. The molecule has 0 saturated heterocycles. The van der Waals surface area contributed by atoms with Crippen LogP contribution in [0.1, 0.15) is 38.9 Å². The van der Waals surface area contributed by atoms with Gasteiger partial charge in [-0.05, 0) is 43.3 Å². The zero-order valence-corrected chi connectivity index (χ0v) is 19.6. The molecule has 35 heavy (non-hydrogen) atoms. The molecule has 0 aliphatic carbocycles. The summed E-state index contributed by atoms with van der Waals surface area (Å²) < 4.78 is 43.9. The maximum atomic E-state index is 13.0. The number of hydrogen-bond donors (Lipinski definition) is 1. The van der Waals surface area contributed by atoms with Crippen LogP contribution in [0.4, 0.5) is 18.9 Å². The Hall–Kier alpha value is -3.61. The van der Waals surface area contributed by atoms with Gasteiger partial charge in [-0.15, -0.1) is 0 Å². The van der Waals surface area contributed by atoms with E-state index >= 15 is 0 Å². The summed E-state index contributed by atoms with van der Waals surface area (Å²) in [5.41, 5.74) is -0.781. The lowest BCUT2D eigenvalue weighted by Crippen LogP contribution is -2.17. The van der Waals surface area contributed by atoms with E-state index in [1.807, 2.05) is 0 Å². The Balaban J connectivity index is 1.90. The Morgan fingerprint density at radius 3 is 2.51 bits per heavy atom. The molecule has 0 aliphatic heterocycles. The summed E-state index contributed by atoms with van der Waals surface area (Å²) in [4.78, 5) is 28.5. The molecule has 0 bridgehead atoms. The number of rotatable bonds is 7. The van der Waals surface area contributed by atoms with Crippen molar-refractivity contribution in [3.8, 4) is 17.2 Å². The van der Waals surface area contributed by atoms with Crippen LogP contribution in [-0.4, -0.2) is 29.9 Å². The van der Waals surface area contributed by atoms with Crippen LogP contribution in [0.5, 0.6) is 0 Å². The summed E-state index contributed by atoms with van der Waals surface area (Å²) >= 11 is 12.4. The van der Waals surface area contributed by atoms with E-state index < -0.39 is 23.6 Å². The van der Waals surface area contributed by atoms with Crippen molar-refractivity contribution < 1.29 is 27.5 Å². The number of esters is 1. The van der Waals surface area contributed by atoms with Gasteiger partial charge in [0.2, 0.25) is 0 Å². The summed E-state index contributed by atoms with van der Waals surface area (Å²) in [6.45, 7) is 1.54. The van der Waals surface area contributed by atoms with Gasteiger partial charge in [0.05, 0.1) is 41.1 Å². The topological polar surface area (TPSA) is 92.1 Å². The average molecular weight is 522 g/mol. The van der Waals surface area contributed by atoms with E-state index in [-0.39, 0.29) is 56.7 Å². The van der Waals surface area contributed by atoms with Gasteiger partial charge in [-0.25, -0.2) is 4.79 Å². The first-order valence-electron chi connectivity index (χ1n) is 10.1. The first-order chi connectivity index (χ1) is 16.6. The number of anilines is 1. The van der Waals surface area contributed by atoms with Crippen LogP contribution in [0, 0.1) is 11.3 Å². The van der Waals surface area contributed by atoms with Gasteiger partial charge in [0, 0.05) is 27.9 Å². The number of ketones is 1. The second-order valence-electron chi connectivity index (χ2n) is 7.08. The Bertz CT molecular complexity index is 1340. The highest BCUT2D eigenvalue weighted by molar-refractivity contribution is 6.34. The van der Waals surface area contributed by atoms with Crippen LogP contribution in [0.25, 0.3) is 11.1 Å². The minimum Gasteiger partial charge on any atom is -0.462 e. The fourth-order valence-corrected chi connectivity index (χ4v) is 3.64. The molecule has 0 aliphatic rings. The van der Waals surface area contributed by atoms with Gasteiger partial charge >= 0.3 is 12.1 Å². The molecule has 1 aromatic heterocycles. The normalized spacial score (nSPS) is 11.0. The lowest BCUT2D eigenvalue weighted by molar-refractivity contribution is -0.141. The van der Waals surface area contributed by atoms with Crippen LogP contribution >= 0.6 is 23.2 Å². The van der Waals surface area contributed by atoms with E-state index in [1.54, 1.807) is 25.1 Å². The summed E-state index contributed by atoms with van der Waals surface area (Å²) in [7, 11) is 0. The van der Waals surface area contributed by atoms with Gasteiger partial charge in [-0.1, -0.05) is 29.3 Å². The third kappa shape index (κ3) is 5.91. The highest BCUT2D eigenvalue weighted by atomic mass is 35.5. The molecule has 0 amide bonds. The van der Waals surface area contributed by atoms with Crippen LogP contribution in [0.15, 0.2) is 48.7 Å². The van der Waals surface area contributed by atoms with E-state index in [2.05, 4.69) is 10.3 Å². The monoisotopic (exact) mass is 521 g/mol. The number of pyridine rings is 1. The molecule has 0 saturated carbocycles. The molecule has 0 fully saturated rings. The average Bonchev–Trinajstić information content (AvgIpc) is 2.82. The van der Waals surface area contributed by atoms with Crippen LogP contribution in [0.2, 0.25) is 10.0 Å². The molecule has 0 atom stereocenters. The number of aromatic nitrogens is 1. The maximum Gasteiger partial charge on any atom is 0.433 e. The molecule has 3 rings (SSSR count). The van der Waals surface area contributed by atoms with Crippen molar-refractivity contribution >= 4 is 40.6 Å². The highest BCUT2D eigenvalue weighted by Crippen LogP contribution is 2.35. The van der Waals surface area contributed by atoms with Gasteiger partial charge in [0.1, 0.15) is 5.69 Å². The van der Waals surface area contributed by atoms with Gasteiger partial charge in [-0.3, -0.25) is 9.78 Å². The number of carbonyl (C=O) groups excluding carboxylic acids is 2. The van der Waals surface area contributed by atoms with Gasteiger partial charge in [0.25, 0.3) is 0 Å². The van der Waals surface area contributed by atoms with Crippen molar-refractivity contribution in [2.75, 3.05) is 18.5 Å². The predicted octanol–water partition coefficient (Wildman–Crippen LogP) is 6.42. The van der Waals surface area contributed by atoms with Crippen molar-refractivity contribution in [2.24, 2.45) is 0 Å². The molecule has 3 aromatic rings. The third-order valence-electron chi connectivity index (χ3n) is 4.83. The fourth-order valence-electron chi connectivity index (χ4n) is 3.18. The van der Waals surface area contributed by atoms with Gasteiger partial charge in [0.15, 0.2) is 5.78 Å². The Kier molecular flexibility index (Phi) is 7.99. The number of halogens is 5. The number of hydrogen-bond acceptors (Lipinski definition) is 6. The van der Waals surface area contributed by atoms with E-state index in [1.165, 1.54) is 24.3 Å². The maximum absolute atomic E-state index is 13.0. The number of nitriles is 1. The molecule has 0 unspecified atom stereocenters. The van der Waals surface area contributed by atoms with E-state index in [0.29, 0.717) is 6.07 Å². The molecule has 1 N–H and O–H groups in total. The molecular weight excluding hydrogens is 506 g/mol. The van der Waals surface area contributed by atoms with Gasteiger partial charge in [-0.2, -0.15) is 18.4 Å². The largest absolute Gasteiger partial charge is 0.462 e. The summed E-state index contributed by atoms with van der Waals surface area (Å²) in [5.74, 6) is -1.05. The molecule has 6 nitrogen and oxygen atoms in total. The lowest BCUT2D eigenvalue weighted by atomic mass is 9.98. The second-order valence-corrected chi connectivity index (χ2v) is 7.89. The Morgan fingerprint density at radius 1 is 1.11 bits per heavy atom. The number of benzene rings is 2. The molecule has 11 heteroatoms. The number of carbonyl (C=O) groups is 2. The molecule has 0 spiro atoms. The molecule has 2 aromatic carbocycles. The zero-order chi connectivity index (χ0) is 25.8. The smallest absolute Gasteiger partial charge is 0.433 e. The zero-order valence-electron chi connectivity index (χ0n) is 18.0. The van der Waals surface area contributed by atoms with Crippen molar-refractivity contribution in [1.82, 2.24) is 4.98 Å². The number of nitrogens with one attached hydrogen (secondary N) is 1. The summed E-state index contributed by atoms with van der Waals surface area (Å²) in [6.07, 6.45) is -3.83. The number of ether oxygens (including phenoxy) is 1. The molecule has 0 radical (unpaired) electrons. The van der Waals surface area contributed by atoms with E-state index in [9.17, 15) is 28.0 Å². The van der Waals surface area contributed by atoms with Crippen molar-refractivity contribution in [3.63, 3.8) is 0 Å². The quantitative estimate of drug-likeness (QED) is 0.285. The SMILES string of the molecule is CCOC(=O)c1cccc(Cl)c1NCC(=O)c1ccc(Cl)c(-c2cnc(C(F)(F)F)cc2C#N)c1. The van der Waals surface area contributed by atoms with Gasteiger partial charge < -0.3 is 10.1 Å². The van der Waals surface area contributed by atoms with Crippen molar-refractivity contribution in [3.05, 3.63) is 81.1 Å². The first kappa shape index (κ1) is 26.0. The fraction of sp³-hybridized carbons (Fsp3) is 0.167. The minimum atomic E-state index is -4.72. The second kappa shape index (κ2) is 10.8. The number of nitrogens with zero attached hydrogens (tertiary/aromatic N) is 2.